The number of hydrogen-bond donors (Lipinski definition) is 1. The fraction of sp³-hybridized carbons (Fsp3) is 1.00. The zero-order chi connectivity index (χ0) is 12.5. The van der Waals surface area contributed by atoms with Crippen LogP contribution in [0.3, 0.4) is 0 Å². The molecule has 3 heteroatoms. The number of rotatable bonds is 10. The van der Waals surface area contributed by atoms with Crippen LogP contribution >= 0.6 is 0 Å². The van der Waals surface area contributed by atoms with Crippen LogP contribution < -0.4 is 5.32 Å². The van der Waals surface area contributed by atoms with Gasteiger partial charge < -0.3 is 14.8 Å². The number of methoxy groups -OCH3 is 1. The molecule has 0 radical (unpaired) electrons. The van der Waals surface area contributed by atoms with Crippen LogP contribution in [0.15, 0.2) is 0 Å². The van der Waals surface area contributed by atoms with E-state index in [9.17, 15) is 0 Å². The van der Waals surface area contributed by atoms with Gasteiger partial charge in [-0.3, -0.25) is 0 Å². The van der Waals surface area contributed by atoms with Gasteiger partial charge in [-0.05, 0) is 44.1 Å². The number of ether oxygens (including phenoxy) is 2. The van der Waals surface area contributed by atoms with Gasteiger partial charge in [-0.25, -0.2) is 0 Å². The zero-order valence-electron chi connectivity index (χ0n) is 11.7. The lowest BCUT2D eigenvalue weighted by Gasteiger charge is -2.37. The fourth-order valence-electron chi connectivity index (χ4n) is 2.37. The van der Waals surface area contributed by atoms with E-state index in [-0.39, 0.29) is 0 Å². The first-order valence-corrected chi connectivity index (χ1v) is 7.04. The maximum atomic E-state index is 5.49. The van der Waals surface area contributed by atoms with E-state index < -0.39 is 0 Å². The van der Waals surface area contributed by atoms with E-state index in [1.165, 1.54) is 32.2 Å². The molecular weight excluding hydrogens is 214 g/mol. The van der Waals surface area contributed by atoms with Crippen molar-refractivity contribution in [2.24, 2.45) is 11.8 Å². The quantitative estimate of drug-likeness (QED) is 0.598. The Kier molecular flexibility index (Phi) is 7.82. The molecule has 0 heterocycles. The molecule has 2 unspecified atom stereocenters. The van der Waals surface area contributed by atoms with Crippen molar-refractivity contribution in [1.82, 2.24) is 5.32 Å². The van der Waals surface area contributed by atoms with E-state index in [1.54, 1.807) is 7.11 Å². The molecule has 0 bridgehead atoms. The zero-order valence-corrected chi connectivity index (χ0v) is 11.7. The van der Waals surface area contributed by atoms with Crippen LogP contribution in [0.5, 0.6) is 0 Å². The van der Waals surface area contributed by atoms with Gasteiger partial charge in [0.25, 0.3) is 0 Å². The Morgan fingerprint density at radius 2 is 1.88 bits per heavy atom. The summed E-state index contributed by atoms with van der Waals surface area (Å²) in [6.45, 7) is 7.98. The highest BCUT2D eigenvalue weighted by Crippen LogP contribution is 2.37. The van der Waals surface area contributed by atoms with Crippen LogP contribution in [-0.2, 0) is 9.47 Å². The van der Waals surface area contributed by atoms with Crippen LogP contribution in [0.2, 0.25) is 0 Å². The lowest BCUT2D eigenvalue weighted by Crippen LogP contribution is -2.37. The number of hydrogen-bond acceptors (Lipinski definition) is 3. The Bertz CT molecular complexity index is 185. The molecule has 0 saturated heterocycles. The summed E-state index contributed by atoms with van der Waals surface area (Å²) in [4.78, 5) is 0. The largest absolute Gasteiger partial charge is 0.382 e. The van der Waals surface area contributed by atoms with Crippen molar-refractivity contribution in [3.63, 3.8) is 0 Å². The molecule has 1 N–H and O–H groups in total. The van der Waals surface area contributed by atoms with Crippen molar-refractivity contribution in [2.75, 3.05) is 33.5 Å². The van der Waals surface area contributed by atoms with Crippen LogP contribution in [0.4, 0.5) is 0 Å². The van der Waals surface area contributed by atoms with Crippen LogP contribution in [0, 0.1) is 11.8 Å². The van der Waals surface area contributed by atoms with Gasteiger partial charge in [0.2, 0.25) is 0 Å². The second kappa shape index (κ2) is 8.90. The Morgan fingerprint density at radius 3 is 2.47 bits per heavy atom. The summed E-state index contributed by atoms with van der Waals surface area (Å²) in [5.41, 5.74) is 0. The molecule has 1 rings (SSSR count). The van der Waals surface area contributed by atoms with Crippen LogP contribution in [-0.4, -0.2) is 39.5 Å². The van der Waals surface area contributed by atoms with E-state index in [1.807, 2.05) is 0 Å². The maximum Gasteiger partial charge on any atom is 0.0700 e. The van der Waals surface area contributed by atoms with Crippen molar-refractivity contribution in [2.45, 2.75) is 45.6 Å². The molecule has 3 nitrogen and oxygen atoms in total. The molecule has 1 aliphatic rings. The van der Waals surface area contributed by atoms with Gasteiger partial charge in [0.1, 0.15) is 0 Å². The Hall–Kier alpha value is -0.120. The highest BCUT2D eigenvalue weighted by molar-refractivity contribution is 4.82. The molecule has 0 aromatic heterocycles. The minimum atomic E-state index is 0.619. The smallest absolute Gasteiger partial charge is 0.0700 e. The predicted octanol–water partition coefficient (Wildman–Crippen LogP) is 2.45. The predicted molar refractivity (Wildman–Crippen MR) is 71.3 cm³/mol. The highest BCUT2D eigenvalue weighted by Gasteiger charge is 2.29. The Balaban J connectivity index is 1.93. The monoisotopic (exact) mass is 243 g/mol. The molecular formula is C14H29NO2. The topological polar surface area (TPSA) is 30.5 Å². The Morgan fingerprint density at radius 1 is 1.12 bits per heavy atom. The average Bonchev–Trinajstić information content (AvgIpc) is 2.26. The summed E-state index contributed by atoms with van der Waals surface area (Å²) < 4.78 is 10.4. The van der Waals surface area contributed by atoms with Gasteiger partial charge in [0.15, 0.2) is 0 Å². The second-order valence-electron chi connectivity index (χ2n) is 5.41. The fourth-order valence-corrected chi connectivity index (χ4v) is 2.37. The summed E-state index contributed by atoms with van der Waals surface area (Å²) in [5.74, 6) is 1.85. The van der Waals surface area contributed by atoms with E-state index in [2.05, 4.69) is 19.2 Å². The molecule has 102 valence electrons. The van der Waals surface area contributed by atoms with Gasteiger partial charge in [0.05, 0.1) is 13.2 Å². The molecule has 0 aliphatic heterocycles. The summed E-state index contributed by atoms with van der Waals surface area (Å²) in [5, 5.41) is 3.55. The van der Waals surface area contributed by atoms with E-state index in [0.29, 0.717) is 12.6 Å². The Labute approximate surface area is 106 Å². The van der Waals surface area contributed by atoms with Gasteiger partial charge in [-0.2, -0.15) is 0 Å². The van der Waals surface area contributed by atoms with E-state index in [0.717, 1.165) is 25.0 Å². The van der Waals surface area contributed by atoms with Crippen molar-refractivity contribution in [1.29, 1.82) is 0 Å². The SMILES string of the molecule is COCCOCCCC1CCC1CNC(C)C. The van der Waals surface area contributed by atoms with Gasteiger partial charge in [-0.1, -0.05) is 13.8 Å². The molecule has 1 saturated carbocycles. The van der Waals surface area contributed by atoms with E-state index >= 15 is 0 Å². The first-order valence-electron chi connectivity index (χ1n) is 7.04. The van der Waals surface area contributed by atoms with Crippen LogP contribution in [0.25, 0.3) is 0 Å². The molecule has 0 aromatic rings. The second-order valence-corrected chi connectivity index (χ2v) is 5.41. The molecule has 1 aliphatic carbocycles. The molecule has 0 spiro atoms. The van der Waals surface area contributed by atoms with Gasteiger partial charge >= 0.3 is 0 Å². The minimum Gasteiger partial charge on any atom is -0.382 e. The normalized spacial score (nSPS) is 24.0. The van der Waals surface area contributed by atoms with Gasteiger partial charge in [0, 0.05) is 19.8 Å². The van der Waals surface area contributed by atoms with E-state index in [4.69, 9.17) is 9.47 Å². The number of nitrogens with one attached hydrogen (secondary N) is 1. The molecule has 0 aromatic carbocycles. The van der Waals surface area contributed by atoms with Crippen molar-refractivity contribution < 1.29 is 9.47 Å². The molecule has 17 heavy (non-hydrogen) atoms. The summed E-state index contributed by atoms with van der Waals surface area (Å²) in [6, 6.07) is 0.619. The first-order chi connectivity index (χ1) is 8.24. The lowest BCUT2D eigenvalue weighted by molar-refractivity contribution is 0.0609. The third-order valence-corrected chi connectivity index (χ3v) is 3.66. The molecule has 0 amide bonds. The third kappa shape index (κ3) is 6.39. The summed E-state index contributed by atoms with van der Waals surface area (Å²) in [7, 11) is 1.71. The van der Waals surface area contributed by atoms with Crippen molar-refractivity contribution in [3.8, 4) is 0 Å². The summed E-state index contributed by atoms with van der Waals surface area (Å²) in [6.07, 6.45) is 5.36. The molecule has 1 fully saturated rings. The average molecular weight is 243 g/mol. The highest BCUT2D eigenvalue weighted by atomic mass is 16.5. The standard InChI is InChI=1S/C14H29NO2/c1-12(2)15-11-14-7-6-13(14)5-4-8-17-10-9-16-3/h12-15H,4-11H2,1-3H3. The first kappa shape index (κ1) is 14.9. The lowest BCUT2D eigenvalue weighted by atomic mass is 9.71. The molecule has 2 atom stereocenters. The third-order valence-electron chi connectivity index (χ3n) is 3.66. The van der Waals surface area contributed by atoms with Crippen LogP contribution in [0.1, 0.15) is 39.5 Å². The van der Waals surface area contributed by atoms with Crippen molar-refractivity contribution >= 4 is 0 Å². The maximum absolute atomic E-state index is 5.49. The van der Waals surface area contributed by atoms with Gasteiger partial charge in [-0.15, -0.1) is 0 Å². The van der Waals surface area contributed by atoms with Crippen molar-refractivity contribution in [3.05, 3.63) is 0 Å². The summed E-state index contributed by atoms with van der Waals surface area (Å²) >= 11 is 0. The minimum absolute atomic E-state index is 0.619.